The molecule has 0 aliphatic rings. The molecule has 0 aromatic heterocycles. The Morgan fingerprint density at radius 3 is 2.33 bits per heavy atom. The van der Waals surface area contributed by atoms with Crippen LogP contribution in [0.3, 0.4) is 0 Å². The molecule has 0 fully saturated rings. The highest BCUT2D eigenvalue weighted by atomic mass is 16.2. The van der Waals surface area contributed by atoms with Crippen LogP contribution >= 0.6 is 0 Å². The van der Waals surface area contributed by atoms with E-state index in [0.29, 0.717) is 0 Å². The van der Waals surface area contributed by atoms with E-state index in [1.165, 1.54) is 0 Å². The van der Waals surface area contributed by atoms with E-state index in [2.05, 4.69) is 16.0 Å². The Kier molecular flexibility index (Phi) is 7.62. The van der Waals surface area contributed by atoms with E-state index in [0.717, 1.165) is 13.0 Å². The summed E-state index contributed by atoms with van der Waals surface area (Å²) in [7, 11) is 0. The quantitative estimate of drug-likeness (QED) is 0.507. The maximum atomic E-state index is 11.2. The molecule has 0 saturated carbocycles. The van der Waals surface area contributed by atoms with Gasteiger partial charge in [0.25, 0.3) is 0 Å². The zero-order valence-corrected chi connectivity index (χ0v) is 9.72. The molecule has 0 aliphatic carbocycles. The van der Waals surface area contributed by atoms with Crippen molar-refractivity contribution < 1.29 is 9.59 Å². The van der Waals surface area contributed by atoms with Crippen LogP contribution in [0.5, 0.6) is 0 Å². The van der Waals surface area contributed by atoms with Crippen LogP contribution in [-0.4, -0.2) is 37.5 Å². The fourth-order valence-electron chi connectivity index (χ4n) is 0.993. The Labute approximate surface area is 91.0 Å². The summed E-state index contributed by atoms with van der Waals surface area (Å²) in [6.07, 6.45) is 0.987. The second-order valence-corrected chi connectivity index (χ2v) is 3.68. The minimum absolute atomic E-state index is 0.0464. The average molecular weight is 215 g/mol. The molecule has 0 aromatic rings. The van der Waals surface area contributed by atoms with Gasteiger partial charge in [0.05, 0.1) is 13.1 Å². The minimum Gasteiger partial charge on any atom is -0.352 e. The highest BCUT2D eigenvalue weighted by Crippen LogP contribution is 1.76. The van der Waals surface area contributed by atoms with Crippen LogP contribution in [0.25, 0.3) is 0 Å². The van der Waals surface area contributed by atoms with E-state index in [4.69, 9.17) is 0 Å². The van der Waals surface area contributed by atoms with Gasteiger partial charge in [0, 0.05) is 6.04 Å². The van der Waals surface area contributed by atoms with Gasteiger partial charge in [-0.15, -0.1) is 0 Å². The number of hydrogen-bond acceptors (Lipinski definition) is 3. The molecule has 2 amide bonds. The molecule has 0 atom stereocenters. The van der Waals surface area contributed by atoms with Crippen LogP contribution in [-0.2, 0) is 9.59 Å². The summed E-state index contributed by atoms with van der Waals surface area (Å²) in [4.78, 5) is 22.3. The Morgan fingerprint density at radius 1 is 1.13 bits per heavy atom. The Morgan fingerprint density at radius 2 is 1.80 bits per heavy atom. The van der Waals surface area contributed by atoms with Crippen molar-refractivity contribution in [3.8, 4) is 0 Å². The second kappa shape index (κ2) is 8.23. The largest absolute Gasteiger partial charge is 0.352 e. The van der Waals surface area contributed by atoms with Crippen LogP contribution in [0.4, 0.5) is 0 Å². The number of carbonyl (C=O) groups excluding carboxylic acids is 2. The van der Waals surface area contributed by atoms with Gasteiger partial charge in [-0.05, 0) is 26.8 Å². The third-order valence-corrected chi connectivity index (χ3v) is 1.61. The number of carbonyl (C=O) groups is 2. The van der Waals surface area contributed by atoms with Crippen LogP contribution in [0.15, 0.2) is 0 Å². The van der Waals surface area contributed by atoms with Crippen LogP contribution in [0, 0.1) is 0 Å². The zero-order valence-electron chi connectivity index (χ0n) is 9.72. The predicted octanol–water partition coefficient (Wildman–Crippen LogP) is -0.373. The van der Waals surface area contributed by atoms with Crippen molar-refractivity contribution in [2.24, 2.45) is 0 Å². The van der Waals surface area contributed by atoms with Crippen molar-refractivity contribution in [2.45, 2.75) is 33.2 Å². The molecule has 0 heterocycles. The molecule has 0 rings (SSSR count). The van der Waals surface area contributed by atoms with Crippen molar-refractivity contribution in [1.82, 2.24) is 16.0 Å². The van der Waals surface area contributed by atoms with Gasteiger partial charge in [-0.1, -0.05) is 6.92 Å². The van der Waals surface area contributed by atoms with Gasteiger partial charge in [0.1, 0.15) is 0 Å². The summed E-state index contributed by atoms with van der Waals surface area (Å²) >= 11 is 0. The summed E-state index contributed by atoms with van der Waals surface area (Å²) in [6, 6.07) is 0.104. The lowest BCUT2D eigenvalue weighted by atomic mass is 10.4. The molecule has 3 N–H and O–H groups in total. The van der Waals surface area contributed by atoms with E-state index in [1.807, 2.05) is 20.8 Å². The van der Waals surface area contributed by atoms with Gasteiger partial charge < -0.3 is 16.0 Å². The SMILES string of the molecule is CCCNCC(=O)NCC(=O)NC(C)C. The molecule has 0 radical (unpaired) electrons. The lowest BCUT2D eigenvalue weighted by Crippen LogP contribution is -2.42. The number of rotatable bonds is 7. The maximum absolute atomic E-state index is 11.2. The van der Waals surface area contributed by atoms with Gasteiger partial charge >= 0.3 is 0 Å². The van der Waals surface area contributed by atoms with E-state index in [9.17, 15) is 9.59 Å². The number of hydrogen-bond donors (Lipinski definition) is 3. The van der Waals surface area contributed by atoms with Crippen molar-refractivity contribution in [1.29, 1.82) is 0 Å². The first-order chi connectivity index (χ1) is 7.06. The Hall–Kier alpha value is -1.10. The zero-order chi connectivity index (χ0) is 11.7. The van der Waals surface area contributed by atoms with Crippen molar-refractivity contribution in [3.05, 3.63) is 0 Å². The molecule has 0 aromatic carbocycles. The van der Waals surface area contributed by atoms with Crippen molar-refractivity contribution in [2.75, 3.05) is 19.6 Å². The highest BCUT2D eigenvalue weighted by molar-refractivity contribution is 5.85. The van der Waals surface area contributed by atoms with Crippen molar-refractivity contribution in [3.63, 3.8) is 0 Å². The van der Waals surface area contributed by atoms with Crippen LogP contribution in [0.2, 0.25) is 0 Å². The fraction of sp³-hybridized carbons (Fsp3) is 0.800. The first kappa shape index (κ1) is 13.9. The van der Waals surface area contributed by atoms with Crippen molar-refractivity contribution >= 4 is 11.8 Å². The normalized spacial score (nSPS) is 10.1. The minimum atomic E-state index is -0.158. The summed E-state index contributed by atoms with van der Waals surface area (Å²) in [5.74, 6) is -0.309. The highest BCUT2D eigenvalue weighted by Gasteiger charge is 2.05. The van der Waals surface area contributed by atoms with Gasteiger partial charge in [-0.2, -0.15) is 0 Å². The fourth-order valence-corrected chi connectivity index (χ4v) is 0.993. The molecule has 15 heavy (non-hydrogen) atoms. The standard InChI is InChI=1S/C10H21N3O2/c1-4-5-11-6-9(14)12-7-10(15)13-8(2)3/h8,11H,4-7H2,1-3H3,(H,12,14)(H,13,15). The first-order valence-corrected chi connectivity index (χ1v) is 5.33. The van der Waals surface area contributed by atoms with Gasteiger partial charge in [-0.3, -0.25) is 9.59 Å². The molecule has 88 valence electrons. The van der Waals surface area contributed by atoms with Crippen LogP contribution in [0.1, 0.15) is 27.2 Å². The Bertz CT molecular complexity index is 205. The van der Waals surface area contributed by atoms with Gasteiger partial charge in [0.2, 0.25) is 11.8 Å². The molecule has 5 nitrogen and oxygen atoms in total. The lowest BCUT2D eigenvalue weighted by molar-refractivity contribution is -0.125. The molecular weight excluding hydrogens is 194 g/mol. The summed E-state index contributed by atoms with van der Waals surface area (Å²) in [6.45, 7) is 6.91. The van der Waals surface area contributed by atoms with E-state index >= 15 is 0 Å². The number of amides is 2. The summed E-state index contributed by atoms with van der Waals surface area (Å²) < 4.78 is 0. The molecular formula is C10H21N3O2. The third kappa shape index (κ3) is 9.21. The molecule has 0 aliphatic heterocycles. The molecule has 5 heteroatoms. The monoisotopic (exact) mass is 215 g/mol. The molecule has 0 spiro atoms. The van der Waals surface area contributed by atoms with E-state index in [-0.39, 0.29) is 30.9 Å². The smallest absolute Gasteiger partial charge is 0.239 e. The number of nitrogens with one attached hydrogen (secondary N) is 3. The topological polar surface area (TPSA) is 70.2 Å². The first-order valence-electron chi connectivity index (χ1n) is 5.33. The van der Waals surface area contributed by atoms with Gasteiger partial charge in [-0.25, -0.2) is 0 Å². The maximum Gasteiger partial charge on any atom is 0.239 e. The van der Waals surface area contributed by atoms with Gasteiger partial charge in [0.15, 0.2) is 0 Å². The Balaban J connectivity index is 3.49. The van der Waals surface area contributed by atoms with E-state index in [1.54, 1.807) is 0 Å². The van der Waals surface area contributed by atoms with Crippen LogP contribution < -0.4 is 16.0 Å². The third-order valence-electron chi connectivity index (χ3n) is 1.61. The molecule has 0 unspecified atom stereocenters. The molecule has 0 bridgehead atoms. The lowest BCUT2D eigenvalue weighted by Gasteiger charge is -2.09. The summed E-state index contributed by atoms with van der Waals surface area (Å²) in [5, 5.41) is 8.18. The summed E-state index contributed by atoms with van der Waals surface area (Å²) in [5.41, 5.74) is 0. The average Bonchev–Trinajstić information content (AvgIpc) is 2.14. The molecule has 0 saturated heterocycles. The van der Waals surface area contributed by atoms with E-state index < -0.39 is 0 Å². The second-order valence-electron chi connectivity index (χ2n) is 3.68. The predicted molar refractivity (Wildman–Crippen MR) is 59.4 cm³/mol.